The fourth-order valence-electron chi connectivity index (χ4n) is 1.48. The summed E-state index contributed by atoms with van der Waals surface area (Å²) in [6, 6.07) is 8.30. The molecule has 1 aromatic rings. The highest BCUT2D eigenvalue weighted by molar-refractivity contribution is 5.27. The Morgan fingerprint density at radius 1 is 1.19 bits per heavy atom. The molecule has 0 fully saturated rings. The summed E-state index contributed by atoms with van der Waals surface area (Å²) in [7, 11) is 0. The predicted molar refractivity (Wildman–Crippen MR) is 68.8 cm³/mol. The molecule has 16 heavy (non-hydrogen) atoms. The summed E-state index contributed by atoms with van der Waals surface area (Å²) in [5.74, 6) is 1.70. The lowest BCUT2D eigenvalue weighted by Crippen LogP contribution is -2.20. The number of hydrogen-bond donors (Lipinski definition) is 1. The Hall–Kier alpha value is -1.02. The highest BCUT2D eigenvalue weighted by atomic mass is 16.5. The van der Waals surface area contributed by atoms with Crippen LogP contribution in [0.4, 0.5) is 0 Å². The minimum atomic E-state index is 0.728. The zero-order valence-electron chi connectivity index (χ0n) is 10.6. The van der Waals surface area contributed by atoms with Crippen molar-refractivity contribution in [3.8, 4) is 5.75 Å². The predicted octanol–water partition coefficient (Wildman–Crippen LogP) is 3.22. The van der Waals surface area contributed by atoms with Gasteiger partial charge in [-0.15, -0.1) is 0 Å². The third kappa shape index (κ3) is 4.67. The molecule has 0 saturated heterocycles. The first-order chi connectivity index (χ1) is 7.76. The van der Waals surface area contributed by atoms with E-state index in [1.807, 2.05) is 19.1 Å². The topological polar surface area (TPSA) is 21.3 Å². The molecule has 1 atom stereocenters. The standard InChI is InChI=1S/C14H23NO/c1-4-12(3)10-15-11-13-6-8-14(9-7-13)16-5-2/h6-9,12,15H,4-5,10-11H2,1-3H3. The molecule has 0 aromatic heterocycles. The van der Waals surface area contributed by atoms with Crippen molar-refractivity contribution in [2.75, 3.05) is 13.2 Å². The normalized spacial score (nSPS) is 12.4. The SMILES string of the molecule is CCOc1ccc(CNCC(C)CC)cc1. The van der Waals surface area contributed by atoms with Gasteiger partial charge in [-0.3, -0.25) is 0 Å². The number of nitrogens with one attached hydrogen (secondary N) is 1. The van der Waals surface area contributed by atoms with Crippen molar-refractivity contribution in [2.24, 2.45) is 5.92 Å². The fraction of sp³-hybridized carbons (Fsp3) is 0.571. The average molecular weight is 221 g/mol. The second-order valence-corrected chi connectivity index (χ2v) is 4.22. The fourth-order valence-corrected chi connectivity index (χ4v) is 1.48. The van der Waals surface area contributed by atoms with Gasteiger partial charge in [-0.1, -0.05) is 32.4 Å². The van der Waals surface area contributed by atoms with Crippen molar-refractivity contribution < 1.29 is 4.74 Å². The molecular weight excluding hydrogens is 198 g/mol. The molecule has 1 rings (SSSR count). The van der Waals surface area contributed by atoms with E-state index >= 15 is 0 Å². The number of rotatable bonds is 7. The summed E-state index contributed by atoms with van der Waals surface area (Å²) in [5.41, 5.74) is 1.31. The van der Waals surface area contributed by atoms with Crippen LogP contribution >= 0.6 is 0 Å². The molecule has 0 aliphatic heterocycles. The Labute approximate surface area is 99.0 Å². The van der Waals surface area contributed by atoms with Crippen LogP contribution in [0.25, 0.3) is 0 Å². The van der Waals surface area contributed by atoms with E-state index in [-0.39, 0.29) is 0 Å². The van der Waals surface area contributed by atoms with E-state index in [1.165, 1.54) is 12.0 Å². The molecule has 0 radical (unpaired) electrons. The van der Waals surface area contributed by atoms with E-state index in [4.69, 9.17) is 4.74 Å². The lowest BCUT2D eigenvalue weighted by Gasteiger charge is -2.10. The van der Waals surface area contributed by atoms with Crippen LogP contribution in [0.15, 0.2) is 24.3 Å². The van der Waals surface area contributed by atoms with Crippen LogP contribution in [0.5, 0.6) is 5.75 Å². The van der Waals surface area contributed by atoms with E-state index in [9.17, 15) is 0 Å². The molecular formula is C14H23NO. The smallest absolute Gasteiger partial charge is 0.119 e. The first kappa shape index (κ1) is 13.0. The van der Waals surface area contributed by atoms with Gasteiger partial charge in [-0.05, 0) is 37.1 Å². The van der Waals surface area contributed by atoms with Gasteiger partial charge in [0.15, 0.2) is 0 Å². The summed E-state index contributed by atoms with van der Waals surface area (Å²) in [5, 5.41) is 3.46. The summed E-state index contributed by atoms with van der Waals surface area (Å²) in [6.07, 6.45) is 1.23. The Balaban J connectivity index is 2.31. The Morgan fingerprint density at radius 2 is 1.88 bits per heavy atom. The molecule has 0 bridgehead atoms. The molecule has 1 N–H and O–H groups in total. The lowest BCUT2D eigenvalue weighted by molar-refractivity contribution is 0.340. The van der Waals surface area contributed by atoms with Crippen LogP contribution in [0.2, 0.25) is 0 Å². The highest BCUT2D eigenvalue weighted by Crippen LogP contribution is 2.11. The van der Waals surface area contributed by atoms with E-state index in [0.29, 0.717) is 0 Å². The van der Waals surface area contributed by atoms with Crippen molar-refractivity contribution in [2.45, 2.75) is 33.7 Å². The maximum Gasteiger partial charge on any atom is 0.119 e. The Morgan fingerprint density at radius 3 is 2.44 bits per heavy atom. The second kappa shape index (κ2) is 7.29. The van der Waals surface area contributed by atoms with Gasteiger partial charge in [-0.2, -0.15) is 0 Å². The van der Waals surface area contributed by atoms with Crippen molar-refractivity contribution >= 4 is 0 Å². The summed E-state index contributed by atoms with van der Waals surface area (Å²) in [4.78, 5) is 0. The van der Waals surface area contributed by atoms with Crippen LogP contribution in [0, 0.1) is 5.92 Å². The summed E-state index contributed by atoms with van der Waals surface area (Å²) < 4.78 is 5.40. The lowest BCUT2D eigenvalue weighted by atomic mass is 10.1. The van der Waals surface area contributed by atoms with Crippen molar-refractivity contribution in [3.63, 3.8) is 0 Å². The van der Waals surface area contributed by atoms with Crippen LogP contribution in [-0.4, -0.2) is 13.2 Å². The maximum absolute atomic E-state index is 5.40. The highest BCUT2D eigenvalue weighted by Gasteiger charge is 1.98. The summed E-state index contributed by atoms with van der Waals surface area (Å²) in [6.45, 7) is 9.25. The zero-order chi connectivity index (χ0) is 11.8. The van der Waals surface area contributed by atoms with Gasteiger partial charge < -0.3 is 10.1 Å². The Kier molecular flexibility index (Phi) is 5.94. The van der Waals surface area contributed by atoms with E-state index in [0.717, 1.165) is 31.4 Å². The average Bonchev–Trinajstić information content (AvgIpc) is 2.31. The molecule has 90 valence electrons. The van der Waals surface area contributed by atoms with Crippen molar-refractivity contribution in [1.29, 1.82) is 0 Å². The second-order valence-electron chi connectivity index (χ2n) is 4.22. The number of hydrogen-bond acceptors (Lipinski definition) is 2. The first-order valence-corrected chi connectivity index (χ1v) is 6.18. The monoisotopic (exact) mass is 221 g/mol. The van der Waals surface area contributed by atoms with Gasteiger partial charge in [0, 0.05) is 6.54 Å². The molecule has 0 spiro atoms. The van der Waals surface area contributed by atoms with Crippen LogP contribution in [0.3, 0.4) is 0 Å². The third-order valence-corrected chi connectivity index (χ3v) is 2.75. The largest absolute Gasteiger partial charge is 0.494 e. The number of benzene rings is 1. The van der Waals surface area contributed by atoms with Crippen molar-refractivity contribution in [3.05, 3.63) is 29.8 Å². The van der Waals surface area contributed by atoms with Gasteiger partial charge in [0.05, 0.1) is 6.61 Å². The molecule has 0 aliphatic carbocycles. The quantitative estimate of drug-likeness (QED) is 0.763. The molecule has 0 saturated carbocycles. The Bertz CT molecular complexity index is 281. The van der Waals surface area contributed by atoms with Gasteiger partial charge >= 0.3 is 0 Å². The number of ether oxygens (including phenoxy) is 1. The van der Waals surface area contributed by atoms with Gasteiger partial charge in [0.25, 0.3) is 0 Å². The molecule has 1 aromatic carbocycles. The molecule has 2 heteroatoms. The van der Waals surface area contributed by atoms with Gasteiger partial charge in [-0.25, -0.2) is 0 Å². The minimum Gasteiger partial charge on any atom is -0.494 e. The third-order valence-electron chi connectivity index (χ3n) is 2.75. The first-order valence-electron chi connectivity index (χ1n) is 6.18. The maximum atomic E-state index is 5.40. The van der Waals surface area contributed by atoms with Crippen molar-refractivity contribution in [1.82, 2.24) is 5.32 Å². The zero-order valence-corrected chi connectivity index (χ0v) is 10.6. The molecule has 0 aliphatic rings. The van der Waals surface area contributed by atoms with Gasteiger partial charge in [0.2, 0.25) is 0 Å². The van der Waals surface area contributed by atoms with Crippen LogP contribution in [-0.2, 0) is 6.54 Å². The molecule has 0 heterocycles. The van der Waals surface area contributed by atoms with Crippen LogP contribution < -0.4 is 10.1 Å². The molecule has 2 nitrogen and oxygen atoms in total. The van der Waals surface area contributed by atoms with E-state index < -0.39 is 0 Å². The van der Waals surface area contributed by atoms with E-state index in [1.54, 1.807) is 0 Å². The van der Waals surface area contributed by atoms with E-state index in [2.05, 4.69) is 31.3 Å². The van der Waals surface area contributed by atoms with Gasteiger partial charge in [0.1, 0.15) is 5.75 Å². The summed E-state index contributed by atoms with van der Waals surface area (Å²) >= 11 is 0. The minimum absolute atomic E-state index is 0.728. The van der Waals surface area contributed by atoms with Crippen LogP contribution in [0.1, 0.15) is 32.8 Å². The molecule has 1 unspecified atom stereocenters. The molecule has 0 amide bonds.